The van der Waals surface area contributed by atoms with E-state index in [0.717, 1.165) is 15.4 Å². The molecule has 0 fully saturated rings. The highest BCUT2D eigenvalue weighted by Crippen LogP contribution is 2.35. The Kier molecular flexibility index (Phi) is 3.05. The van der Waals surface area contributed by atoms with Crippen LogP contribution in [-0.4, -0.2) is 12.1 Å². The van der Waals surface area contributed by atoms with Gasteiger partial charge < -0.3 is 4.74 Å². The molecule has 78 valence electrons. The third-order valence-corrected chi connectivity index (χ3v) is 3.60. The zero-order chi connectivity index (χ0) is 11.0. The number of fused-ring (bicyclic) bond motifs is 1. The standard InChI is InChI=1S/C10H6BrCl2NO/c1-15-8-3-5(12)2-6-9(11)7(13)4-14-10(6)8/h2-4H,1H3. The molecule has 2 nitrogen and oxygen atoms in total. The van der Waals surface area contributed by atoms with Crippen LogP contribution in [0.15, 0.2) is 22.8 Å². The molecule has 1 aromatic heterocycles. The second-order valence-corrected chi connectivity index (χ2v) is 4.56. The molecule has 0 saturated heterocycles. The number of halogens is 3. The molecule has 1 heterocycles. The van der Waals surface area contributed by atoms with E-state index < -0.39 is 0 Å². The van der Waals surface area contributed by atoms with Crippen LogP contribution in [0.3, 0.4) is 0 Å². The van der Waals surface area contributed by atoms with Crippen molar-refractivity contribution in [1.82, 2.24) is 4.98 Å². The van der Waals surface area contributed by atoms with E-state index in [2.05, 4.69) is 20.9 Å². The third-order valence-electron chi connectivity index (χ3n) is 2.01. The maximum atomic E-state index is 5.96. The van der Waals surface area contributed by atoms with E-state index in [9.17, 15) is 0 Å². The topological polar surface area (TPSA) is 22.1 Å². The lowest BCUT2D eigenvalue weighted by atomic mass is 10.2. The van der Waals surface area contributed by atoms with Gasteiger partial charge in [0.25, 0.3) is 0 Å². The first kappa shape index (κ1) is 11.0. The lowest BCUT2D eigenvalue weighted by Gasteiger charge is -2.07. The second kappa shape index (κ2) is 4.16. The van der Waals surface area contributed by atoms with Gasteiger partial charge in [-0.25, -0.2) is 0 Å². The van der Waals surface area contributed by atoms with Gasteiger partial charge in [-0.1, -0.05) is 23.2 Å². The van der Waals surface area contributed by atoms with Crippen LogP contribution in [0.4, 0.5) is 0 Å². The van der Waals surface area contributed by atoms with Crippen LogP contribution in [0.5, 0.6) is 5.75 Å². The molecule has 0 N–H and O–H groups in total. The highest BCUT2D eigenvalue weighted by Gasteiger charge is 2.10. The van der Waals surface area contributed by atoms with Crippen LogP contribution < -0.4 is 4.74 Å². The summed E-state index contributed by atoms with van der Waals surface area (Å²) in [7, 11) is 1.58. The molecular weight excluding hydrogens is 301 g/mol. The highest BCUT2D eigenvalue weighted by atomic mass is 79.9. The zero-order valence-electron chi connectivity index (χ0n) is 7.72. The quantitative estimate of drug-likeness (QED) is 0.783. The molecule has 15 heavy (non-hydrogen) atoms. The van der Waals surface area contributed by atoms with Crippen molar-refractivity contribution in [2.75, 3.05) is 7.11 Å². The molecule has 0 spiro atoms. The van der Waals surface area contributed by atoms with Crippen molar-refractivity contribution in [2.45, 2.75) is 0 Å². The zero-order valence-corrected chi connectivity index (χ0v) is 10.8. The van der Waals surface area contributed by atoms with Crippen molar-refractivity contribution < 1.29 is 4.74 Å². The summed E-state index contributed by atoms with van der Waals surface area (Å²) in [5.41, 5.74) is 0.734. The van der Waals surface area contributed by atoms with Crippen LogP contribution >= 0.6 is 39.1 Å². The molecule has 0 aliphatic carbocycles. The fraction of sp³-hybridized carbons (Fsp3) is 0.100. The largest absolute Gasteiger partial charge is 0.494 e. The Labute approximate surface area is 105 Å². The Balaban J connectivity index is 2.89. The van der Waals surface area contributed by atoms with E-state index in [1.165, 1.54) is 0 Å². The van der Waals surface area contributed by atoms with Crippen molar-refractivity contribution in [1.29, 1.82) is 0 Å². The van der Waals surface area contributed by atoms with E-state index in [1.54, 1.807) is 25.4 Å². The Bertz CT molecular complexity index is 530. The van der Waals surface area contributed by atoms with E-state index in [-0.39, 0.29) is 0 Å². The average molecular weight is 307 g/mol. The Morgan fingerprint density at radius 3 is 2.73 bits per heavy atom. The number of benzene rings is 1. The number of methoxy groups -OCH3 is 1. The minimum absolute atomic E-state index is 0.548. The predicted molar refractivity (Wildman–Crippen MR) is 66.0 cm³/mol. The summed E-state index contributed by atoms with van der Waals surface area (Å²) in [5.74, 6) is 0.634. The van der Waals surface area contributed by atoms with Crippen molar-refractivity contribution in [2.24, 2.45) is 0 Å². The fourth-order valence-corrected chi connectivity index (χ4v) is 2.10. The van der Waals surface area contributed by atoms with Crippen molar-refractivity contribution in [3.8, 4) is 5.75 Å². The molecule has 0 saturated carbocycles. The average Bonchev–Trinajstić information content (AvgIpc) is 2.23. The van der Waals surface area contributed by atoms with Crippen LogP contribution in [0.2, 0.25) is 10.0 Å². The first-order valence-corrected chi connectivity index (χ1v) is 5.65. The van der Waals surface area contributed by atoms with E-state index in [4.69, 9.17) is 27.9 Å². The molecule has 0 radical (unpaired) electrons. The number of pyridine rings is 1. The molecule has 0 unspecified atom stereocenters. The van der Waals surface area contributed by atoms with Crippen molar-refractivity contribution in [3.05, 3.63) is 32.8 Å². The molecule has 0 aliphatic heterocycles. The van der Waals surface area contributed by atoms with Gasteiger partial charge in [0.2, 0.25) is 0 Å². The molecule has 5 heteroatoms. The molecule has 0 aliphatic rings. The summed E-state index contributed by atoms with van der Waals surface area (Å²) in [4.78, 5) is 4.21. The number of aromatic nitrogens is 1. The summed E-state index contributed by atoms with van der Waals surface area (Å²) in [6, 6.07) is 3.51. The van der Waals surface area contributed by atoms with E-state index in [0.29, 0.717) is 15.8 Å². The highest BCUT2D eigenvalue weighted by molar-refractivity contribution is 9.10. The first-order valence-electron chi connectivity index (χ1n) is 4.10. The van der Waals surface area contributed by atoms with Gasteiger partial charge in [0.1, 0.15) is 11.3 Å². The van der Waals surface area contributed by atoms with Gasteiger partial charge in [-0.2, -0.15) is 0 Å². The number of hydrogen-bond donors (Lipinski definition) is 0. The van der Waals surface area contributed by atoms with Crippen LogP contribution in [0.25, 0.3) is 10.9 Å². The van der Waals surface area contributed by atoms with Gasteiger partial charge in [0, 0.05) is 27.1 Å². The Hall–Kier alpha value is -0.510. The molecule has 0 amide bonds. The molecule has 0 atom stereocenters. The molecule has 1 aromatic carbocycles. The molecule has 2 rings (SSSR count). The lowest BCUT2D eigenvalue weighted by molar-refractivity contribution is 0.419. The van der Waals surface area contributed by atoms with Gasteiger partial charge in [-0.3, -0.25) is 4.98 Å². The van der Waals surface area contributed by atoms with Gasteiger partial charge in [0.05, 0.1) is 12.1 Å². The first-order chi connectivity index (χ1) is 7.13. The van der Waals surface area contributed by atoms with E-state index >= 15 is 0 Å². The summed E-state index contributed by atoms with van der Waals surface area (Å²) >= 11 is 15.3. The van der Waals surface area contributed by atoms with Crippen molar-refractivity contribution >= 4 is 50.0 Å². The predicted octanol–water partition coefficient (Wildman–Crippen LogP) is 4.31. The van der Waals surface area contributed by atoms with Gasteiger partial charge >= 0.3 is 0 Å². The second-order valence-electron chi connectivity index (χ2n) is 2.92. The van der Waals surface area contributed by atoms with Crippen LogP contribution in [0.1, 0.15) is 0 Å². The monoisotopic (exact) mass is 305 g/mol. The SMILES string of the molecule is COc1cc(Cl)cc2c(Br)c(Cl)cnc12. The summed E-state index contributed by atoms with van der Waals surface area (Å²) < 4.78 is 5.97. The third kappa shape index (κ3) is 1.92. The molecule has 0 bridgehead atoms. The van der Waals surface area contributed by atoms with Gasteiger partial charge in [0.15, 0.2) is 0 Å². The minimum Gasteiger partial charge on any atom is -0.494 e. The van der Waals surface area contributed by atoms with Gasteiger partial charge in [-0.05, 0) is 22.0 Å². The van der Waals surface area contributed by atoms with E-state index in [1.807, 2.05) is 0 Å². The summed E-state index contributed by atoms with van der Waals surface area (Å²) in [6.07, 6.45) is 1.57. The molecular formula is C10H6BrCl2NO. The Morgan fingerprint density at radius 2 is 2.07 bits per heavy atom. The van der Waals surface area contributed by atoms with Crippen LogP contribution in [0, 0.1) is 0 Å². The number of ether oxygens (including phenoxy) is 1. The van der Waals surface area contributed by atoms with Crippen molar-refractivity contribution in [3.63, 3.8) is 0 Å². The van der Waals surface area contributed by atoms with Gasteiger partial charge in [-0.15, -0.1) is 0 Å². The van der Waals surface area contributed by atoms with Crippen LogP contribution in [-0.2, 0) is 0 Å². The number of hydrogen-bond acceptors (Lipinski definition) is 2. The maximum Gasteiger partial charge on any atom is 0.146 e. The molecule has 2 aromatic rings. The maximum absolute atomic E-state index is 5.96. The smallest absolute Gasteiger partial charge is 0.146 e. The minimum atomic E-state index is 0.548. The lowest BCUT2D eigenvalue weighted by Crippen LogP contribution is -1.89. The summed E-state index contributed by atoms with van der Waals surface area (Å²) in [5, 5.41) is 1.97. The fourth-order valence-electron chi connectivity index (χ4n) is 1.34. The number of nitrogens with zero attached hydrogens (tertiary/aromatic N) is 1. The summed E-state index contributed by atoms with van der Waals surface area (Å²) in [6.45, 7) is 0. The number of rotatable bonds is 1. The Morgan fingerprint density at radius 1 is 1.33 bits per heavy atom. The normalized spacial score (nSPS) is 10.7.